The van der Waals surface area contributed by atoms with Crippen LogP contribution in [0.1, 0.15) is 168 Å². The Balaban J connectivity index is 4.57. The fourth-order valence-corrected chi connectivity index (χ4v) is 6.63. The zero-order valence-electron chi connectivity index (χ0n) is 34.9. The van der Waals surface area contributed by atoms with Gasteiger partial charge in [-0.3, -0.25) is 23.2 Å². The lowest BCUT2D eigenvalue weighted by Crippen LogP contribution is -2.30. The Morgan fingerprint density at radius 1 is 0.526 bits per heavy atom. The average Bonchev–Trinajstić information content (AvgIpc) is 3.17. The highest BCUT2D eigenvalue weighted by atomic mass is 31.2. The molecule has 0 bridgehead atoms. The molecule has 0 aliphatic carbocycles. The number of phosphoric ester groups is 2. The van der Waals surface area contributed by atoms with E-state index in [1.54, 1.807) is 0 Å². The number of unbranched alkanes of at least 4 members (excludes halogenated alkanes) is 16. The standard InChI is InChI=1S/C42H76O13P2/c1-3-5-7-9-11-13-15-17-19-21-23-25-27-29-31-33-41(44)51-37-40(38-54-57(49,50)53-36-39(43)35-52-56(46,47)48)55-42(45)34-32-30-28-26-24-22-20-18-16-14-12-10-8-6-4-2/h6,8,12,14,17-20,39-40,43H,3-5,7,9-11,13,15-16,21-38H2,1-2H3,(H,49,50)(H2,46,47,48)/b8-6-,14-12-,19-17-,20-18-/t39-,40+/m0/s1. The van der Waals surface area contributed by atoms with E-state index in [1.807, 2.05) is 0 Å². The zero-order chi connectivity index (χ0) is 42.3. The molecule has 13 nitrogen and oxygen atoms in total. The average molecular weight is 851 g/mol. The van der Waals surface area contributed by atoms with E-state index < -0.39 is 66.2 Å². The number of hydrogen-bond acceptors (Lipinski definition) is 10. The van der Waals surface area contributed by atoms with Crippen LogP contribution >= 0.6 is 15.6 Å². The van der Waals surface area contributed by atoms with Crippen molar-refractivity contribution in [2.45, 2.75) is 180 Å². The number of carbonyl (C=O) groups excluding carboxylic acids is 2. The minimum atomic E-state index is -4.86. The van der Waals surface area contributed by atoms with Gasteiger partial charge in [0.1, 0.15) is 12.7 Å². The van der Waals surface area contributed by atoms with Gasteiger partial charge in [-0.2, -0.15) is 0 Å². The molecule has 0 aromatic rings. The summed E-state index contributed by atoms with van der Waals surface area (Å²) in [6.45, 7) is 1.61. The Bertz CT molecular complexity index is 1200. The summed E-state index contributed by atoms with van der Waals surface area (Å²) in [4.78, 5) is 52.6. The molecule has 0 saturated heterocycles. The molecule has 332 valence electrons. The van der Waals surface area contributed by atoms with Crippen molar-refractivity contribution in [1.29, 1.82) is 0 Å². The molecule has 0 fully saturated rings. The topological polar surface area (TPSA) is 195 Å². The molecule has 1 unspecified atom stereocenters. The summed E-state index contributed by atoms with van der Waals surface area (Å²) in [6, 6.07) is 0. The molecular formula is C42H76O13P2. The fraction of sp³-hybridized carbons (Fsp3) is 0.762. The van der Waals surface area contributed by atoms with Gasteiger partial charge in [-0.25, -0.2) is 9.13 Å². The van der Waals surface area contributed by atoms with E-state index in [4.69, 9.17) is 23.8 Å². The van der Waals surface area contributed by atoms with Crippen LogP contribution in [0.5, 0.6) is 0 Å². The quantitative estimate of drug-likeness (QED) is 0.0197. The summed E-state index contributed by atoms with van der Waals surface area (Å²) in [7, 11) is -9.68. The third-order valence-corrected chi connectivity index (χ3v) is 10.1. The van der Waals surface area contributed by atoms with Gasteiger partial charge in [0.25, 0.3) is 0 Å². The molecule has 15 heteroatoms. The Kier molecular flexibility index (Phi) is 37.0. The molecule has 0 rings (SSSR count). The maximum atomic E-state index is 12.6. The molecule has 0 amide bonds. The summed E-state index contributed by atoms with van der Waals surface area (Å²) >= 11 is 0. The number of ether oxygens (including phenoxy) is 2. The Morgan fingerprint density at radius 2 is 0.965 bits per heavy atom. The Labute approximate surface area is 343 Å². The van der Waals surface area contributed by atoms with Crippen molar-refractivity contribution in [3.8, 4) is 0 Å². The highest BCUT2D eigenvalue weighted by Crippen LogP contribution is 2.43. The molecule has 0 saturated carbocycles. The molecule has 4 N–H and O–H groups in total. The van der Waals surface area contributed by atoms with Crippen LogP contribution in [0.25, 0.3) is 0 Å². The van der Waals surface area contributed by atoms with E-state index in [2.05, 4.69) is 71.5 Å². The smallest absolute Gasteiger partial charge is 0.462 e. The lowest BCUT2D eigenvalue weighted by atomic mass is 10.1. The van der Waals surface area contributed by atoms with Gasteiger partial charge in [0.05, 0.1) is 19.8 Å². The first kappa shape index (κ1) is 55.1. The number of carbonyl (C=O) groups is 2. The lowest BCUT2D eigenvalue weighted by Gasteiger charge is -2.20. The second-order valence-electron chi connectivity index (χ2n) is 14.2. The molecule has 0 heterocycles. The Hall–Kier alpha value is -1.92. The number of allylic oxidation sites excluding steroid dienone is 8. The van der Waals surface area contributed by atoms with Crippen molar-refractivity contribution >= 4 is 27.6 Å². The highest BCUT2D eigenvalue weighted by molar-refractivity contribution is 7.47. The summed E-state index contributed by atoms with van der Waals surface area (Å²) in [5, 5.41) is 9.74. The number of hydrogen-bond donors (Lipinski definition) is 4. The third kappa shape index (κ3) is 42.0. The van der Waals surface area contributed by atoms with Crippen LogP contribution in [0.3, 0.4) is 0 Å². The summed E-state index contributed by atoms with van der Waals surface area (Å²) in [5.41, 5.74) is 0. The number of aliphatic hydroxyl groups excluding tert-OH is 1. The number of aliphatic hydroxyl groups is 1. The highest BCUT2D eigenvalue weighted by Gasteiger charge is 2.28. The number of rotatable bonds is 40. The second-order valence-corrected chi connectivity index (χ2v) is 16.9. The van der Waals surface area contributed by atoms with E-state index in [0.29, 0.717) is 12.8 Å². The van der Waals surface area contributed by atoms with Gasteiger partial charge in [0.2, 0.25) is 0 Å². The predicted octanol–water partition coefficient (Wildman–Crippen LogP) is 10.7. The van der Waals surface area contributed by atoms with Crippen molar-refractivity contribution < 1.29 is 61.6 Å². The van der Waals surface area contributed by atoms with Gasteiger partial charge in [-0.15, -0.1) is 0 Å². The van der Waals surface area contributed by atoms with Crippen molar-refractivity contribution in [2.75, 3.05) is 26.4 Å². The first-order valence-corrected chi connectivity index (χ1v) is 24.4. The maximum Gasteiger partial charge on any atom is 0.472 e. The molecule has 0 aliphatic rings. The van der Waals surface area contributed by atoms with Crippen molar-refractivity contribution in [2.24, 2.45) is 0 Å². The monoisotopic (exact) mass is 850 g/mol. The van der Waals surface area contributed by atoms with Crippen LogP contribution in [-0.4, -0.2) is 70.4 Å². The predicted molar refractivity (Wildman–Crippen MR) is 225 cm³/mol. The van der Waals surface area contributed by atoms with Gasteiger partial charge in [-0.1, -0.05) is 133 Å². The summed E-state index contributed by atoms with van der Waals surface area (Å²) in [6.07, 6.45) is 38.2. The van der Waals surface area contributed by atoms with Crippen molar-refractivity contribution in [1.82, 2.24) is 0 Å². The summed E-state index contributed by atoms with van der Waals surface area (Å²) < 4.78 is 47.7. The zero-order valence-corrected chi connectivity index (χ0v) is 36.7. The van der Waals surface area contributed by atoms with Gasteiger partial charge in [0, 0.05) is 12.8 Å². The minimum Gasteiger partial charge on any atom is -0.462 e. The summed E-state index contributed by atoms with van der Waals surface area (Å²) in [5.74, 6) is -1.06. The van der Waals surface area contributed by atoms with Gasteiger partial charge < -0.3 is 29.3 Å². The van der Waals surface area contributed by atoms with Crippen LogP contribution in [0.2, 0.25) is 0 Å². The van der Waals surface area contributed by atoms with E-state index in [9.17, 15) is 28.7 Å². The van der Waals surface area contributed by atoms with Crippen molar-refractivity contribution in [3.63, 3.8) is 0 Å². The molecule has 0 aromatic carbocycles. The Morgan fingerprint density at radius 3 is 1.51 bits per heavy atom. The minimum absolute atomic E-state index is 0.109. The van der Waals surface area contributed by atoms with Gasteiger partial charge in [0.15, 0.2) is 6.10 Å². The van der Waals surface area contributed by atoms with Crippen LogP contribution in [-0.2, 0) is 41.8 Å². The van der Waals surface area contributed by atoms with Crippen LogP contribution in [0.15, 0.2) is 48.6 Å². The van der Waals surface area contributed by atoms with E-state index >= 15 is 0 Å². The van der Waals surface area contributed by atoms with E-state index in [0.717, 1.165) is 89.9 Å². The lowest BCUT2D eigenvalue weighted by molar-refractivity contribution is -0.161. The number of esters is 2. The van der Waals surface area contributed by atoms with Crippen LogP contribution < -0.4 is 0 Å². The van der Waals surface area contributed by atoms with Gasteiger partial charge >= 0.3 is 27.6 Å². The largest absolute Gasteiger partial charge is 0.472 e. The molecule has 57 heavy (non-hydrogen) atoms. The first-order chi connectivity index (χ1) is 27.4. The molecule has 0 spiro atoms. The van der Waals surface area contributed by atoms with Crippen LogP contribution in [0.4, 0.5) is 0 Å². The molecule has 3 atom stereocenters. The van der Waals surface area contributed by atoms with E-state index in [1.165, 1.54) is 38.5 Å². The van der Waals surface area contributed by atoms with Crippen LogP contribution in [0, 0.1) is 0 Å². The molecule has 0 radical (unpaired) electrons. The fourth-order valence-electron chi connectivity index (χ4n) is 5.47. The van der Waals surface area contributed by atoms with E-state index in [-0.39, 0.29) is 12.8 Å². The first-order valence-electron chi connectivity index (χ1n) is 21.3. The number of phosphoric acid groups is 2. The third-order valence-electron chi connectivity index (χ3n) is 8.69. The van der Waals surface area contributed by atoms with Crippen molar-refractivity contribution in [3.05, 3.63) is 48.6 Å². The maximum absolute atomic E-state index is 12.6. The molecular weight excluding hydrogens is 774 g/mol. The molecule has 0 aliphatic heterocycles. The molecule has 0 aromatic heterocycles. The van der Waals surface area contributed by atoms with Gasteiger partial charge in [-0.05, 0) is 70.6 Å². The second kappa shape index (κ2) is 38.3. The normalized spacial score (nSPS) is 14.6. The SMILES string of the molecule is CC/C=C\C/C=C\C/C=C\CCCCCCCC(=O)O[C@H](COC(=O)CCCCCCC/C=C\CCCCCCCC)COP(=O)(O)OC[C@@H](O)COP(=O)(O)O.